The summed E-state index contributed by atoms with van der Waals surface area (Å²) >= 11 is 0. The van der Waals surface area contributed by atoms with Gasteiger partial charge in [-0.3, -0.25) is 43.7 Å². The Labute approximate surface area is 474 Å². The molecule has 3 aromatic carbocycles. The van der Waals surface area contributed by atoms with E-state index in [0.29, 0.717) is 19.3 Å². The van der Waals surface area contributed by atoms with E-state index in [2.05, 4.69) is 56.5 Å². The van der Waals surface area contributed by atoms with E-state index < -0.39 is 86.7 Å². The SMILES string of the molecule is CC(C)CC(CC(=O)[C@H](Cc1ccccc1)NC(=O)c1cnccn1)B1OB([C@H](CC(C)C)NC(=O)[C@H](Cc2ccccc2)NC(=O)c2cnccn2)OB([C@H](CC(C)C)NC(=O)[C@H](Cc2ccccc2)NC(=O)c2cnccn2)O1. The van der Waals surface area contributed by atoms with Gasteiger partial charge >= 0.3 is 21.4 Å². The molecule has 0 bridgehead atoms. The number of aromatic nitrogens is 6. The minimum absolute atomic E-state index is 0.0119. The fourth-order valence-electron chi connectivity index (χ4n) is 9.61. The van der Waals surface area contributed by atoms with Gasteiger partial charge in [0, 0.05) is 56.4 Å². The summed E-state index contributed by atoms with van der Waals surface area (Å²) in [7, 11) is -3.73. The van der Waals surface area contributed by atoms with Gasteiger partial charge in [-0.2, -0.15) is 0 Å². The zero-order valence-electron chi connectivity index (χ0n) is 46.6. The normalized spacial score (nSPS) is 14.8. The number of hydrogen-bond donors (Lipinski definition) is 5. The lowest BCUT2D eigenvalue weighted by atomic mass is 9.55. The molecule has 1 fully saturated rings. The summed E-state index contributed by atoms with van der Waals surface area (Å²) in [5.74, 6) is -5.80. The third-order valence-corrected chi connectivity index (χ3v) is 13.4. The summed E-state index contributed by atoms with van der Waals surface area (Å²) in [5.41, 5.74) is 2.45. The molecule has 1 unspecified atom stereocenters. The maximum absolute atomic E-state index is 15.0. The molecule has 4 heterocycles. The van der Waals surface area contributed by atoms with Crippen molar-refractivity contribution in [2.75, 3.05) is 0 Å². The number of rotatable bonds is 28. The summed E-state index contributed by atoms with van der Waals surface area (Å²) < 4.78 is 20.7. The van der Waals surface area contributed by atoms with Gasteiger partial charge in [-0.05, 0) is 65.9 Å². The van der Waals surface area contributed by atoms with E-state index in [1.54, 1.807) is 0 Å². The second-order valence-corrected chi connectivity index (χ2v) is 21.5. The van der Waals surface area contributed by atoms with Crippen molar-refractivity contribution in [2.45, 2.75) is 122 Å². The van der Waals surface area contributed by atoms with Gasteiger partial charge in [-0.1, -0.05) is 133 Å². The molecule has 0 saturated carbocycles. The number of amides is 5. The first kappa shape index (κ1) is 60.6. The highest BCUT2D eigenvalue weighted by Gasteiger charge is 2.52. The Balaban J connectivity index is 1.25. The van der Waals surface area contributed by atoms with Crippen LogP contribution in [0.15, 0.2) is 147 Å². The van der Waals surface area contributed by atoms with Crippen LogP contribution in [0, 0.1) is 17.8 Å². The van der Waals surface area contributed by atoms with E-state index in [0.717, 1.165) is 16.7 Å². The molecule has 3 aromatic heterocycles. The summed E-state index contributed by atoms with van der Waals surface area (Å²) in [6.45, 7) is 12.0. The number of nitrogens with one attached hydrogen (secondary N) is 5. The number of Topliss-reactive ketones (excluding diaryl/α,β-unsaturated/α-hetero) is 1. The molecule has 0 aliphatic carbocycles. The van der Waals surface area contributed by atoms with E-state index in [1.165, 1.54) is 55.8 Å². The lowest BCUT2D eigenvalue weighted by molar-refractivity contribution is -0.124. The van der Waals surface area contributed by atoms with Gasteiger partial charge in [0.2, 0.25) is 11.8 Å². The Morgan fingerprint density at radius 1 is 0.420 bits per heavy atom. The average molecular weight is 1100 g/mol. The number of carbonyl (C=O) groups is 6. The molecule has 0 spiro atoms. The van der Waals surface area contributed by atoms with Crippen LogP contribution in [0.5, 0.6) is 0 Å². The minimum atomic E-state index is -1.27. The summed E-state index contributed by atoms with van der Waals surface area (Å²) in [6, 6.07) is 24.6. The zero-order chi connectivity index (χ0) is 57.7. The van der Waals surface area contributed by atoms with Crippen LogP contribution in [-0.2, 0) is 47.4 Å². The van der Waals surface area contributed by atoms with E-state index >= 15 is 4.79 Å². The third-order valence-electron chi connectivity index (χ3n) is 13.4. The van der Waals surface area contributed by atoms with Crippen molar-refractivity contribution in [3.8, 4) is 0 Å². The van der Waals surface area contributed by atoms with E-state index in [4.69, 9.17) is 13.7 Å². The van der Waals surface area contributed by atoms with Crippen molar-refractivity contribution >= 4 is 56.7 Å². The fourth-order valence-corrected chi connectivity index (χ4v) is 9.61. The lowest BCUT2D eigenvalue weighted by Gasteiger charge is -2.41. The van der Waals surface area contributed by atoms with Gasteiger partial charge in [-0.25, -0.2) is 15.0 Å². The molecule has 1 saturated heterocycles. The highest BCUT2D eigenvalue weighted by Crippen LogP contribution is 2.33. The first-order valence-corrected chi connectivity index (χ1v) is 27.5. The Morgan fingerprint density at radius 3 is 1.09 bits per heavy atom. The molecular weight excluding hydrogens is 1030 g/mol. The topological polar surface area (TPSA) is 268 Å². The maximum atomic E-state index is 15.0. The van der Waals surface area contributed by atoms with Crippen molar-refractivity contribution in [3.63, 3.8) is 0 Å². The summed E-state index contributed by atoms with van der Waals surface area (Å²) in [5, 5.41) is 15.0. The molecule has 81 heavy (non-hydrogen) atoms. The van der Waals surface area contributed by atoms with E-state index in [-0.39, 0.29) is 66.3 Å². The molecule has 420 valence electrons. The standard InChI is InChI=1S/C58H70B3N11O9/c1-38(2)28-44(34-51(73)45(31-41-16-10-7-11-17-41)68-56(76)48-35-62-22-25-65-48)59-79-60(52(29-39(3)4)71-54(74)46(32-42-18-12-8-13-19-42)69-57(77)49-36-63-23-26-66-49)81-61(80-59)53(30-40(5)6)72-55(75)47(33-43-20-14-9-15-21-43)70-58(78)50-37-64-24-27-67-50/h7-27,35-40,44-47,52-53H,28-34H2,1-6H3,(H,68,76)(H,69,77)(H,70,78)(H,71,74)(H,72,75)/t44?,45-,46-,47-,52-,53-/m0/s1. The van der Waals surface area contributed by atoms with Crippen molar-refractivity contribution in [2.24, 2.45) is 17.8 Å². The van der Waals surface area contributed by atoms with Crippen LogP contribution in [0.1, 0.15) is 115 Å². The highest BCUT2D eigenvalue weighted by molar-refractivity contribution is 6.75. The first-order chi connectivity index (χ1) is 39.1. The van der Waals surface area contributed by atoms with Gasteiger partial charge in [0.05, 0.1) is 36.5 Å². The lowest BCUT2D eigenvalue weighted by Crippen LogP contribution is -2.66. The molecule has 6 aromatic rings. The summed E-state index contributed by atoms with van der Waals surface area (Å²) in [4.78, 5) is 111. The van der Waals surface area contributed by atoms with Gasteiger partial charge in [0.15, 0.2) is 5.78 Å². The molecule has 23 heteroatoms. The van der Waals surface area contributed by atoms with Gasteiger partial charge in [0.1, 0.15) is 29.2 Å². The van der Waals surface area contributed by atoms with Crippen LogP contribution in [-0.4, -0.2) is 117 Å². The molecule has 20 nitrogen and oxygen atoms in total. The Hall–Kier alpha value is -8.01. The monoisotopic (exact) mass is 1100 g/mol. The van der Waals surface area contributed by atoms with Crippen LogP contribution >= 0.6 is 0 Å². The van der Waals surface area contributed by atoms with E-state index in [1.807, 2.05) is 133 Å². The second-order valence-electron chi connectivity index (χ2n) is 21.5. The molecule has 0 radical (unpaired) electrons. The quantitative estimate of drug-likeness (QED) is 0.0379. The summed E-state index contributed by atoms with van der Waals surface area (Å²) in [6.07, 6.45) is 13.8. The molecule has 1 aliphatic heterocycles. The van der Waals surface area contributed by atoms with Crippen molar-refractivity contribution in [1.82, 2.24) is 56.5 Å². The molecule has 5 N–H and O–H groups in total. The number of carbonyl (C=O) groups excluding carboxylic acids is 6. The van der Waals surface area contributed by atoms with Gasteiger partial charge in [-0.15, -0.1) is 0 Å². The number of nitrogens with zero attached hydrogens (tertiary/aromatic N) is 6. The number of benzene rings is 3. The Morgan fingerprint density at radius 2 is 0.753 bits per heavy atom. The Kier molecular flexibility index (Phi) is 22.9. The van der Waals surface area contributed by atoms with Crippen LogP contribution in [0.2, 0.25) is 5.82 Å². The van der Waals surface area contributed by atoms with E-state index in [9.17, 15) is 24.0 Å². The first-order valence-electron chi connectivity index (χ1n) is 27.5. The zero-order valence-corrected chi connectivity index (χ0v) is 46.6. The van der Waals surface area contributed by atoms with Crippen LogP contribution in [0.4, 0.5) is 0 Å². The van der Waals surface area contributed by atoms with Gasteiger partial charge in [0.25, 0.3) is 17.7 Å². The number of ketones is 1. The van der Waals surface area contributed by atoms with Crippen LogP contribution < -0.4 is 26.6 Å². The largest absolute Gasteiger partial charge is 0.453 e. The molecule has 1 aliphatic rings. The number of hydrogen-bond acceptors (Lipinski definition) is 15. The minimum Gasteiger partial charge on any atom is -0.451 e. The predicted molar refractivity (Wildman–Crippen MR) is 306 cm³/mol. The highest BCUT2D eigenvalue weighted by atomic mass is 16.7. The van der Waals surface area contributed by atoms with Crippen molar-refractivity contribution < 1.29 is 42.5 Å². The Bertz CT molecular complexity index is 2630. The predicted octanol–water partition coefficient (Wildman–Crippen LogP) is 5.52. The van der Waals surface area contributed by atoms with Crippen LogP contribution in [0.3, 0.4) is 0 Å². The molecule has 5 amide bonds. The van der Waals surface area contributed by atoms with Crippen molar-refractivity contribution in [1.29, 1.82) is 0 Å². The molecule has 6 atom stereocenters. The average Bonchev–Trinajstić information content (AvgIpc) is 3.50. The third kappa shape index (κ3) is 19.1. The fraction of sp³-hybridized carbons (Fsp3) is 0.379. The molecular formula is C58H70B3N11O9. The second kappa shape index (κ2) is 30.5. The van der Waals surface area contributed by atoms with Gasteiger partial charge < -0.3 is 40.3 Å². The smallest absolute Gasteiger partial charge is 0.451 e. The maximum Gasteiger partial charge on any atom is 0.453 e. The molecule has 7 rings (SSSR count). The van der Waals surface area contributed by atoms with Crippen molar-refractivity contribution in [3.05, 3.63) is 181 Å². The van der Waals surface area contributed by atoms with Crippen LogP contribution in [0.25, 0.3) is 0 Å².